The van der Waals surface area contributed by atoms with Gasteiger partial charge in [0.05, 0.1) is 0 Å². The van der Waals surface area contributed by atoms with E-state index in [0.717, 1.165) is 17.8 Å². The highest BCUT2D eigenvalue weighted by Gasteiger charge is 2.04. The van der Waals surface area contributed by atoms with Gasteiger partial charge in [0, 0.05) is 30.2 Å². The van der Waals surface area contributed by atoms with Gasteiger partial charge in [-0.25, -0.2) is 4.98 Å². The molecule has 0 bridgehead atoms. The van der Waals surface area contributed by atoms with Crippen LogP contribution in [0.25, 0.3) is 5.65 Å². The van der Waals surface area contributed by atoms with Crippen molar-refractivity contribution in [3.05, 3.63) is 65.6 Å². The summed E-state index contributed by atoms with van der Waals surface area (Å²) in [5, 5.41) is 0. The third-order valence-corrected chi connectivity index (χ3v) is 3.11. The largest absolute Gasteiger partial charge is 0.399 e. The van der Waals surface area contributed by atoms with Gasteiger partial charge in [0.15, 0.2) is 0 Å². The fourth-order valence-corrected chi connectivity index (χ4v) is 2.11. The van der Waals surface area contributed by atoms with Gasteiger partial charge in [-0.2, -0.15) is 0 Å². The molecule has 0 aliphatic heterocycles. The fraction of sp³-hybridized carbons (Fsp3) is 0.133. The molecule has 0 saturated carbocycles. The number of anilines is 1. The summed E-state index contributed by atoms with van der Waals surface area (Å²) in [4.78, 5) is 4.43. The van der Waals surface area contributed by atoms with Gasteiger partial charge >= 0.3 is 0 Å². The SMILES string of the molecule is Cc1ccn2c(Cc3ccc(N)cc3)cnc2c1. The second kappa shape index (κ2) is 4.18. The maximum atomic E-state index is 5.69. The monoisotopic (exact) mass is 237 g/mol. The van der Waals surface area contributed by atoms with E-state index in [0.29, 0.717) is 0 Å². The summed E-state index contributed by atoms with van der Waals surface area (Å²) in [7, 11) is 0. The molecule has 2 N–H and O–H groups in total. The van der Waals surface area contributed by atoms with E-state index in [1.807, 2.05) is 18.3 Å². The van der Waals surface area contributed by atoms with E-state index in [1.165, 1.54) is 16.8 Å². The summed E-state index contributed by atoms with van der Waals surface area (Å²) in [5.41, 5.74) is 11.1. The van der Waals surface area contributed by atoms with Crippen LogP contribution in [-0.2, 0) is 6.42 Å². The molecule has 90 valence electrons. The van der Waals surface area contributed by atoms with Crippen LogP contribution >= 0.6 is 0 Å². The van der Waals surface area contributed by atoms with Crippen LogP contribution < -0.4 is 5.73 Å². The Kier molecular flexibility index (Phi) is 2.52. The maximum absolute atomic E-state index is 5.69. The smallest absolute Gasteiger partial charge is 0.137 e. The Balaban J connectivity index is 1.97. The van der Waals surface area contributed by atoms with Crippen LogP contribution in [0.2, 0.25) is 0 Å². The minimum Gasteiger partial charge on any atom is -0.399 e. The second-order valence-corrected chi connectivity index (χ2v) is 4.60. The predicted octanol–water partition coefficient (Wildman–Crippen LogP) is 2.82. The third-order valence-electron chi connectivity index (χ3n) is 3.11. The Labute approximate surface area is 106 Å². The number of nitrogens with two attached hydrogens (primary N) is 1. The minimum absolute atomic E-state index is 0.799. The van der Waals surface area contributed by atoms with Crippen molar-refractivity contribution >= 4 is 11.3 Å². The lowest BCUT2D eigenvalue weighted by Gasteiger charge is -2.03. The van der Waals surface area contributed by atoms with Gasteiger partial charge in [0.1, 0.15) is 5.65 Å². The van der Waals surface area contributed by atoms with E-state index in [-0.39, 0.29) is 0 Å². The number of rotatable bonds is 2. The first-order valence-corrected chi connectivity index (χ1v) is 5.99. The van der Waals surface area contributed by atoms with E-state index in [9.17, 15) is 0 Å². The summed E-state index contributed by atoms with van der Waals surface area (Å²) in [6.07, 6.45) is 4.87. The molecule has 0 amide bonds. The van der Waals surface area contributed by atoms with E-state index < -0.39 is 0 Å². The van der Waals surface area contributed by atoms with Crippen molar-refractivity contribution in [3.8, 4) is 0 Å². The van der Waals surface area contributed by atoms with Crippen molar-refractivity contribution in [2.45, 2.75) is 13.3 Å². The van der Waals surface area contributed by atoms with Gasteiger partial charge in [-0.3, -0.25) is 0 Å². The van der Waals surface area contributed by atoms with Gasteiger partial charge in [-0.15, -0.1) is 0 Å². The Bertz CT molecular complexity index is 681. The van der Waals surface area contributed by atoms with E-state index in [1.54, 1.807) is 0 Å². The summed E-state index contributed by atoms with van der Waals surface area (Å²) in [5.74, 6) is 0. The molecule has 1 aromatic carbocycles. The molecule has 2 aromatic heterocycles. The zero-order valence-electron chi connectivity index (χ0n) is 10.3. The molecule has 0 fully saturated rings. The number of hydrogen-bond acceptors (Lipinski definition) is 2. The highest BCUT2D eigenvalue weighted by molar-refractivity contribution is 5.45. The van der Waals surface area contributed by atoms with Gasteiger partial charge in [-0.05, 0) is 42.3 Å². The lowest BCUT2D eigenvalue weighted by molar-refractivity contribution is 1.02. The number of imidazole rings is 1. The van der Waals surface area contributed by atoms with Crippen LogP contribution in [0, 0.1) is 6.92 Å². The highest BCUT2D eigenvalue weighted by atomic mass is 15.0. The molecule has 0 spiro atoms. The average molecular weight is 237 g/mol. The lowest BCUT2D eigenvalue weighted by atomic mass is 10.1. The first kappa shape index (κ1) is 10.8. The molecular formula is C15H15N3. The number of pyridine rings is 1. The Hall–Kier alpha value is -2.29. The Morgan fingerprint density at radius 2 is 1.94 bits per heavy atom. The number of fused-ring (bicyclic) bond motifs is 1. The molecule has 2 heterocycles. The third kappa shape index (κ3) is 1.95. The first-order chi connectivity index (χ1) is 8.72. The van der Waals surface area contributed by atoms with Crippen molar-refractivity contribution in [3.63, 3.8) is 0 Å². The first-order valence-electron chi connectivity index (χ1n) is 5.99. The number of hydrogen-bond donors (Lipinski definition) is 1. The zero-order chi connectivity index (χ0) is 12.5. The summed E-state index contributed by atoms with van der Waals surface area (Å²) in [6, 6.07) is 12.2. The van der Waals surface area contributed by atoms with Gasteiger partial charge in [-0.1, -0.05) is 12.1 Å². The van der Waals surface area contributed by atoms with Crippen LogP contribution in [0.5, 0.6) is 0 Å². The second-order valence-electron chi connectivity index (χ2n) is 4.60. The number of aryl methyl sites for hydroxylation is 1. The molecule has 3 rings (SSSR count). The number of aromatic nitrogens is 2. The molecule has 3 nitrogen and oxygen atoms in total. The minimum atomic E-state index is 0.799. The van der Waals surface area contributed by atoms with Crippen LogP contribution in [0.1, 0.15) is 16.8 Å². The maximum Gasteiger partial charge on any atom is 0.137 e. The van der Waals surface area contributed by atoms with Crippen LogP contribution in [0.15, 0.2) is 48.8 Å². The normalized spacial score (nSPS) is 10.9. The zero-order valence-corrected chi connectivity index (χ0v) is 10.3. The van der Waals surface area contributed by atoms with Crippen molar-refractivity contribution in [1.82, 2.24) is 9.38 Å². The molecular weight excluding hydrogens is 222 g/mol. The molecule has 18 heavy (non-hydrogen) atoms. The van der Waals surface area contributed by atoms with Gasteiger partial charge in [0.2, 0.25) is 0 Å². The quantitative estimate of drug-likeness (QED) is 0.696. The Morgan fingerprint density at radius 3 is 2.72 bits per heavy atom. The van der Waals surface area contributed by atoms with Crippen molar-refractivity contribution in [2.24, 2.45) is 0 Å². The molecule has 0 unspecified atom stereocenters. The summed E-state index contributed by atoms with van der Waals surface area (Å²) < 4.78 is 2.13. The molecule has 3 heteroatoms. The predicted molar refractivity (Wildman–Crippen MR) is 73.6 cm³/mol. The topological polar surface area (TPSA) is 43.3 Å². The van der Waals surface area contributed by atoms with Crippen LogP contribution in [0.3, 0.4) is 0 Å². The number of nitrogen functional groups attached to an aromatic ring is 1. The lowest BCUT2D eigenvalue weighted by Crippen LogP contribution is -1.95. The van der Waals surface area contributed by atoms with E-state index in [2.05, 4.69) is 46.8 Å². The Morgan fingerprint density at radius 1 is 1.17 bits per heavy atom. The van der Waals surface area contributed by atoms with Crippen LogP contribution in [-0.4, -0.2) is 9.38 Å². The van der Waals surface area contributed by atoms with E-state index >= 15 is 0 Å². The van der Waals surface area contributed by atoms with Crippen molar-refractivity contribution in [2.75, 3.05) is 5.73 Å². The van der Waals surface area contributed by atoms with E-state index in [4.69, 9.17) is 5.73 Å². The van der Waals surface area contributed by atoms with Crippen molar-refractivity contribution < 1.29 is 0 Å². The van der Waals surface area contributed by atoms with Gasteiger partial charge < -0.3 is 10.1 Å². The molecule has 0 atom stereocenters. The van der Waals surface area contributed by atoms with Gasteiger partial charge in [0.25, 0.3) is 0 Å². The highest BCUT2D eigenvalue weighted by Crippen LogP contribution is 2.14. The van der Waals surface area contributed by atoms with Crippen LogP contribution in [0.4, 0.5) is 5.69 Å². The summed E-state index contributed by atoms with van der Waals surface area (Å²) in [6.45, 7) is 2.08. The molecule has 3 aromatic rings. The molecule has 0 aliphatic rings. The molecule has 0 radical (unpaired) electrons. The molecule has 0 saturated heterocycles. The number of benzene rings is 1. The number of nitrogens with zero attached hydrogens (tertiary/aromatic N) is 2. The molecule has 0 aliphatic carbocycles. The standard InChI is InChI=1S/C15H15N3/c1-11-6-7-18-14(10-17-15(18)8-11)9-12-2-4-13(16)5-3-12/h2-8,10H,9,16H2,1H3. The van der Waals surface area contributed by atoms with Crippen molar-refractivity contribution in [1.29, 1.82) is 0 Å². The summed E-state index contributed by atoms with van der Waals surface area (Å²) >= 11 is 0. The fourth-order valence-electron chi connectivity index (χ4n) is 2.11. The average Bonchev–Trinajstić information content (AvgIpc) is 2.74.